The molecule has 0 aliphatic heterocycles. The first-order valence-corrected chi connectivity index (χ1v) is 7.95. The molecule has 5 nitrogen and oxygen atoms in total. The summed E-state index contributed by atoms with van der Waals surface area (Å²) in [6.07, 6.45) is 1.44. The summed E-state index contributed by atoms with van der Waals surface area (Å²) in [6.45, 7) is 9.84. The smallest absolute Gasteiger partial charge is 0.339 e. The molecule has 0 bridgehead atoms. The fourth-order valence-corrected chi connectivity index (χ4v) is 2.49. The van der Waals surface area contributed by atoms with Gasteiger partial charge in [-0.25, -0.2) is 9.59 Å². The first kappa shape index (κ1) is 17.8. The van der Waals surface area contributed by atoms with Crippen molar-refractivity contribution in [1.82, 2.24) is 0 Å². The van der Waals surface area contributed by atoms with Crippen molar-refractivity contribution in [3.8, 4) is 5.75 Å². The monoisotopic (exact) mass is 330 g/mol. The molecule has 0 unspecified atom stereocenters. The lowest BCUT2D eigenvalue weighted by Gasteiger charge is -2.13. The molecule has 0 N–H and O–H groups in total. The molecule has 24 heavy (non-hydrogen) atoms. The van der Waals surface area contributed by atoms with E-state index in [2.05, 4.69) is 0 Å². The molecule has 128 valence electrons. The van der Waals surface area contributed by atoms with Crippen LogP contribution in [0, 0.1) is 13.8 Å². The Bertz CT molecular complexity index is 858. The first-order chi connectivity index (χ1) is 11.4. The number of hydrogen-bond acceptors (Lipinski definition) is 5. The fraction of sp³-hybridized carbons (Fsp3) is 0.368. The van der Waals surface area contributed by atoms with Gasteiger partial charge in [-0.1, -0.05) is 0 Å². The zero-order valence-electron chi connectivity index (χ0n) is 14.7. The minimum absolute atomic E-state index is 0.322. The maximum Gasteiger partial charge on any atom is 0.339 e. The molecule has 1 aromatic carbocycles. The van der Waals surface area contributed by atoms with E-state index in [4.69, 9.17) is 13.9 Å². The molecule has 0 atom stereocenters. The van der Waals surface area contributed by atoms with Crippen LogP contribution in [0.15, 0.2) is 27.4 Å². The summed E-state index contributed by atoms with van der Waals surface area (Å²) in [6, 6.07) is 3.58. The number of allylic oxidation sites excluding steroid dienone is 1. The highest BCUT2D eigenvalue weighted by molar-refractivity contribution is 5.94. The molecule has 0 amide bonds. The van der Waals surface area contributed by atoms with Gasteiger partial charge in [-0.05, 0) is 51.8 Å². The maximum atomic E-state index is 11.9. The third-order valence-corrected chi connectivity index (χ3v) is 3.90. The average Bonchev–Trinajstić information content (AvgIpc) is 2.52. The lowest BCUT2D eigenvalue weighted by atomic mass is 9.99. The predicted molar refractivity (Wildman–Crippen MR) is 93.4 cm³/mol. The van der Waals surface area contributed by atoms with Crippen molar-refractivity contribution in [3.63, 3.8) is 0 Å². The van der Waals surface area contributed by atoms with Crippen LogP contribution in [0.1, 0.15) is 37.5 Å². The van der Waals surface area contributed by atoms with E-state index < -0.39 is 5.97 Å². The number of benzene rings is 1. The summed E-state index contributed by atoms with van der Waals surface area (Å²) in [4.78, 5) is 23.6. The second kappa shape index (κ2) is 7.34. The Kier molecular flexibility index (Phi) is 5.44. The maximum absolute atomic E-state index is 11.9. The second-order valence-corrected chi connectivity index (χ2v) is 5.50. The van der Waals surface area contributed by atoms with E-state index in [0.717, 1.165) is 22.1 Å². The molecule has 1 aromatic heterocycles. The lowest BCUT2D eigenvalue weighted by Crippen LogP contribution is -2.06. The van der Waals surface area contributed by atoms with E-state index in [1.165, 1.54) is 6.08 Å². The standard InChI is InChI=1S/C19H22O5/c1-6-22-16-10-17-15(12(4)13(5)19(21)24-17)9-14(16)11(3)8-18(20)23-7-2/h8-10H,6-7H2,1-5H3/b11-8+. The molecule has 0 saturated carbocycles. The largest absolute Gasteiger partial charge is 0.493 e. The SMILES string of the molecule is CCOC(=O)/C=C(\C)c1cc2c(C)c(C)c(=O)oc2cc1OCC. The van der Waals surface area contributed by atoms with Crippen LogP contribution in [-0.2, 0) is 9.53 Å². The highest BCUT2D eigenvalue weighted by atomic mass is 16.5. The number of fused-ring (bicyclic) bond motifs is 1. The van der Waals surface area contributed by atoms with E-state index in [9.17, 15) is 9.59 Å². The minimum Gasteiger partial charge on any atom is -0.493 e. The van der Waals surface area contributed by atoms with Crippen LogP contribution >= 0.6 is 0 Å². The van der Waals surface area contributed by atoms with Crippen LogP contribution in [0.5, 0.6) is 5.75 Å². The fourth-order valence-electron chi connectivity index (χ4n) is 2.49. The summed E-state index contributed by atoms with van der Waals surface area (Å²) >= 11 is 0. The van der Waals surface area contributed by atoms with Gasteiger partial charge in [-0.15, -0.1) is 0 Å². The molecule has 0 aliphatic carbocycles. The highest BCUT2D eigenvalue weighted by Crippen LogP contribution is 2.32. The first-order valence-electron chi connectivity index (χ1n) is 7.95. The quantitative estimate of drug-likeness (QED) is 0.474. The lowest BCUT2D eigenvalue weighted by molar-refractivity contribution is -0.137. The number of ether oxygens (including phenoxy) is 2. The molecular formula is C19H22O5. The molecule has 0 saturated heterocycles. The van der Waals surface area contributed by atoms with Gasteiger partial charge in [-0.2, -0.15) is 0 Å². The summed E-state index contributed by atoms with van der Waals surface area (Å²) in [5.41, 5.74) is 3.04. The zero-order valence-corrected chi connectivity index (χ0v) is 14.7. The summed E-state index contributed by atoms with van der Waals surface area (Å²) in [7, 11) is 0. The van der Waals surface area contributed by atoms with Crippen molar-refractivity contribution in [3.05, 3.63) is 45.3 Å². The zero-order chi connectivity index (χ0) is 17.9. The second-order valence-electron chi connectivity index (χ2n) is 5.50. The Morgan fingerprint density at radius 3 is 2.50 bits per heavy atom. The van der Waals surface area contributed by atoms with Crippen LogP contribution in [0.25, 0.3) is 16.5 Å². The van der Waals surface area contributed by atoms with Gasteiger partial charge in [0, 0.05) is 28.7 Å². The predicted octanol–water partition coefficient (Wildman–Crippen LogP) is 3.77. The van der Waals surface area contributed by atoms with Crippen LogP contribution in [0.3, 0.4) is 0 Å². The molecule has 5 heteroatoms. The van der Waals surface area contributed by atoms with Crippen molar-refractivity contribution in [2.75, 3.05) is 13.2 Å². The minimum atomic E-state index is -0.398. The number of rotatable bonds is 5. The topological polar surface area (TPSA) is 65.7 Å². The van der Waals surface area contributed by atoms with Gasteiger partial charge in [0.15, 0.2) is 0 Å². The van der Waals surface area contributed by atoms with Crippen molar-refractivity contribution < 1.29 is 18.7 Å². The van der Waals surface area contributed by atoms with Crippen LogP contribution in [0.2, 0.25) is 0 Å². The van der Waals surface area contributed by atoms with Gasteiger partial charge in [0.25, 0.3) is 0 Å². The van der Waals surface area contributed by atoms with Crippen LogP contribution in [-0.4, -0.2) is 19.2 Å². The highest BCUT2D eigenvalue weighted by Gasteiger charge is 2.14. The Morgan fingerprint density at radius 1 is 1.17 bits per heavy atom. The number of aryl methyl sites for hydroxylation is 1. The van der Waals surface area contributed by atoms with E-state index >= 15 is 0 Å². The summed E-state index contributed by atoms with van der Waals surface area (Å²) in [5.74, 6) is 0.166. The van der Waals surface area contributed by atoms with Gasteiger partial charge < -0.3 is 13.9 Å². The molecule has 0 spiro atoms. The summed E-state index contributed by atoms with van der Waals surface area (Å²) < 4.78 is 16.0. The van der Waals surface area contributed by atoms with Crippen LogP contribution < -0.4 is 10.4 Å². The normalized spacial score (nSPS) is 11.6. The van der Waals surface area contributed by atoms with Crippen molar-refractivity contribution in [1.29, 1.82) is 0 Å². The Hall–Kier alpha value is -2.56. The van der Waals surface area contributed by atoms with E-state index in [-0.39, 0.29) is 5.63 Å². The molecule has 0 fully saturated rings. The number of carbonyl (C=O) groups excluding carboxylic acids is 1. The van der Waals surface area contributed by atoms with Gasteiger partial charge in [0.2, 0.25) is 0 Å². The molecular weight excluding hydrogens is 308 g/mol. The Labute approximate surface area is 140 Å². The van der Waals surface area contributed by atoms with Gasteiger partial charge >= 0.3 is 11.6 Å². The molecule has 2 aromatic rings. The Morgan fingerprint density at radius 2 is 1.88 bits per heavy atom. The van der Waals surface area contributed by atoms with Gasteiger partial charge in [0.1, 0.15) is 11.3 Å². The molecule has 2 rings (SSSR count). The number of carbonyl (C=O) groups is 1. The molecule has 0 aliphatic rings. The third kappa shape index (κ3) is 3.50. The van der Waals surface area contributed by atoms with Gasteiger partial charge in [0.05, 0.1) is 13.2 Å². The van der Waals surface area contributed by atoms with E-state index in [0.29, 0.717) is 30.1 Å². The number of esters is 1. The number of hydrogen-bond donors (Lipinski definition) is 0. The van der Waals surface area contributed by atoms with Crippen molar-refractivity contribution in [2.24, 2.45) is 0 Å². The van der Waals surface area contributed by atoms with Gasteiger partial charge in [-0.3, -0.25) is 0 Å². The third-order valence-electron chi connectivity index (χ3n) is 3.90. The van der Waals surface area contributed by atoms with Crippen molar-refractivity contribution >= 4 is 22.5 Å². The van der Waals surface area contributed by atoms with Crippen molar-refractivity contribution in [2.45, 2.75) is 34.6 Å². The Balaban J connectivity index is 2.69. The molecule has 0 radical (unpaired) electrons. The van der Waals surface area contributed by atoms with E-state index in [1.54, 1.807) is 19.9 Å². The molecule has 1 heterocycles. The average molecular weight is 330 g/mol. The van der Waals surface area contributed by atoms with Crippen LogP contribution in [0.4, 0.5) is 0 Å². The van der Waals surface area contributed by atoms with E-state index in [1.807, 2.05) is 26.8 Å². The summed E-state index contributed by atoms with van der Waals surface area (Å²) in [5, 5.41) is 0.821.